The fourth-order valence-corrected chi connectivity index (χ4v) is 4.82. The van der Waals surface area contributed by atoms with Gasteiger partial charge in [0.15, 0.2) is 0 Å². The molecule has 0 N–H and O–H groups in total. The van der Waals surface area contributed by atoms with Crippen LogP contribution in [0.1, 0.15) is 32.4 Å². The third-order valence-corrected chi connectivity index (χ3v) is 6.66. The van der Waals surface area contributed by atoms with Crippen molar-refractivity contribution in [3.8, 4) is 5.75 Å². The third kappa shape index (κ3) is 4.05. The van der Waals surface area contributed by atoms with Crippen LogP contribution in [0.5, 0.6) is 5.75 Å². The number of methoxy groups -OCH3 is 1. The van der Waals surface area contributed by atoms with E-state index in [1.54, 1.807) is 43.0 Å². The first-order chi connectivity index (χ1) is 15.7. The van der Waals surface area contributed by atoms with Gasteiger partial charge in [-0.25, -0.2) is 4.39 Å². The van der Waals surface area contributed by atoms with E-state index in [9.17, 15) is 9.18 Å². The molecule has 3 heterocycles. The van der Waals surface area contributed by atoms with Crippen LogP contribution in [0.25, 0.3) is 15.9 Å². The van der Waals surface area contributed by atoms with Crippen molar-refractivity contribution in [3.63, 3.8) is 0 Å². The van der Waals surface area contributed by atoms with Gasteiger partial charge in [-0.2, -0.15) is 0 Å². The molecule has 1 fully saturated rings. The van der Waals surface area contributed by atoms with E-state index in [0.29, 0.717) is 29.1 Å². The van der Waals surface area contributed by atoms with E-state index < -0.39 is 0 Å². The van der Waals surface area contributed by atoms with Gasteiger partial charge in [0.25, 0.3) is 11.4 Å². The maximum atomic E-state index is 13.7. The summed E-state index contributed by atoms with van der Waals surface area (Å²) in [5, 5.41) is 0. The predicted molar refractivity (Wildman–Crippen MR) is 128 cm³/mol. The second-order valence-corrected chi connectivity index (χ2v) is 8.69. The van der Waals surface area contributed by atoms with E-state index in [1.807, 2.05) is 0 Å². The second-order valence-electron chi connectivity index (χ2n) is 8.69. The number of aryl methyl sites for hydroxylation is 1. The summed E-state index contributed by atoms with van der Waals surface area (Å²) in [6, 6.07) is 9.97. The van der Waals surface area contributed by atoms with Gasteiger partial charge in [-0.05, 0) is 39.0 Å². The summed E-state index contributed by atoms with van der Waals surface area (Å²) in [5.41, 5.74) is 2.95. The highest BCUT2D eigenvalue weighted by Crippen LogP contribution is 2.35. The molecule has 0 aliphatic carbocycles. The lowest BCUT2D eigenvalue weighted by molar-refractivity contribution is 0.118. The fourth-order valence-electron chi connectivity index (χ4n) is 4.82. The zero-order valence-corrected chi connectivity index (χ0v) is 19.5. The fraction of sp³-hybridized carbons (Fsp3) is 0.400. The highest BCUT2D eigenvalue weighted by molar-refractivity contribution is 5.89. The Morgan fingerprint density at radius 1 is 1.18 bits per heavy atom. The van der Waals surface area contributed by atoms with Gasteiger partial charge < -0.3 is 19.0 Å². The highest BCUT2D eigenvalue weighted by Gasteiger charge is 2.35. The van der Waals surface area contributed by atoms with Crippen LogP contribution in [-0.4, -0.2) is 46.7 Å². The van der Waals surface area contributed by atoms with Gasteiger partial charge in [-0.1, -0.05) is 12.6 Å². The zero-order valence-electron chi connectivity index (χ0n) is 19.5. The normalized spacial score (nSPS) is 20.0. The molecule has 0 spiro atoms. The SMILES string of the molecule is [C-]#[N+]c1ccc2c(n1)c(N1C[C@@H](C)N(C(C)c3ccc(F)cc3OC)C[C@@H]1C)cc(=O)n2C. The largest absolute Gasteiger partial charge is 0.496 e. The van der Waals surface area contributed by atoms with Crippen LogP contribution >= 0.6 is 0 Å². The molecule has 172 valence electrons. The number of nitrogens with zero attached hydrogens (tertiary/aromatic N) is 5. The van der Waals surface area contributed by atoms with Gasteiger partial charge in [0.1, 0.15) is 11.6 Å². The van der Waals surface area contributed by atoms with E-state index >= 15 is 0 Å². The highest BCUT2D eigenvalue weighted by atomic mass is 19.1. The van der Waals surface area contributed by atoms with Gasteiger partial charge >= 0.3 is 0 Å². The van der Waals surface area contributed by atoms with Crippen molar-refractivity contribution >= 4 is 22.5 Å². The van der Waals surface area contributed by atoms with Crippen LogP contribution < -0.4 is 15.2 Å². The molecule has 33 heavy (non-hydrogen) atoms. The Morgan fingerprint density at radius 3 is 2.64 bits per heavy atom. The summed E-state index contributed by atoms with van der Waals surface area (Å²) < 4.78 is 20.7. The number of halogens is 1. The Balaban J connectivity index is 1.70. The molecule has 1 aromatic carbocycles. The van der Waals surface area contributed by atoms with Crippen molar-refractivity contribution in [2.24, 2.45) is 7.05 Å². The van der Waals surface area contributed by atoms with Crippen LogP contribution in [0.3, 0.4) is 0 Å². The molecule has 0 bridgehead atoms. The molecule has 8 heteroatoms. The van der Waals surface area contributed by atoms with Gasteiger partial charge in [0.2, 0.25) is 5.52 Å². The Morgan fingerprint density at radius 2 is 1.94 bits per heavy atom. The summed E-state index contributed by atoms with van der Waals surface area (Å²) >= 11 is 0. The second kappa shape index (κ2) is 8.83. The lowest BCUT2D eigenvalue weighted by Crippen LogP contribution is -2.57. The molecule has 4 rings (SSSR count). The number of pyridine rings is 2. The van der Waals surface area contributed by atoms with E-state index in [0.717, 1.165) is 17.8 Å². The zero-order chi connectivity index (χ0) is 23.9. The third-order valence-electron chi connectivity index (χ3n) is 6.66. The predicted octanol–water partition coefficient (Wildman–Crippen LogP) is 4.29. The molecular weight excluding hydrogens is 421 g/mol. The van der Waals surface area contributed by atoms with Gasteiger partial charge in [-0.15, -0.1) is 4.98 Å². The van der Waals surface area contributed by atoms with E-state index in [1.165, 1.54) is 12.1 Å². The molecule has 3 atom stereocenters. The quantitative estimate of drug-likeness (QED) is 0.556. The van der Waals surface area contributed by atoms with Crippen molar-refractivity contribution in [2.45, 2.75) is 38.9 Å². The molecule has 1 saturated heterocycles. The number of aromatic nitrogens is 2. The molecule has 0 radical (unpaired) electrons. The maximum absolute atomic E-state index is 13.7. The molecule has 1 aliphatic heterocycles. The van der Waals surface area contributed by atoms with Crippen LogP contribution in [0.4, 0.5) is 15.9 Å². The Labute approximate surface area is 192 Å². The van der Waals surface area contributed by atoms with E-state index in [4.69, 9.17) is 11.3 Å². The number of piperazine rings is 1. The molecule has 7 nitrogen and oxygen atoms in total. The lowest BCUT2D eigenvalue weighted by atomic mass is 9.99. The number of rotatable bonds is 4. The van der Waals surface area contributed by atoms with Crippen molar-refractivity contribution in [3.05, 3.63) is 69.5 Å². The van der Waals surface area contributed by atoms with E-state index in [-0.39, 0.29) is 29.5 Å². The summed E-state index contributed by atoms with van der Waals surface area (Å²) in [6.07, 6.45) is 0. The van der Waals surface area contributed by atoms with Crippen LogP contribution in [0.2, 0.25) is 0 Å². The van der Waals surface area contributed by atoms with Crippen molar-refractivity contribution < 1.29 is 9.13 Å². The van der Waals surface area contributed by atoms with Gasteiger partial charge in [-0.3, -0.25) is 9.69 Å². The Hall–Kier alpha value is -3.44. The number of ether oxygens (including phenoxy) is 1. The van der Waals surface area contributed by atoms with E-state index in [2.05, 4.69) is 40.4 Å². The lowest BCUT2D eigenvalue weighted by Gasteiger charge is -2.47. The minimum Gasteiger partial charge on any atom is -0.496 e. The summed E-state index contributed by atoms with van der Waals surface area (Å²) in [7, 11) is 3.27. The summed E-state index contributed by atoms with van der Waals surface area (Å²) in [6.45, 7) is 15.1. The monoisotopic (exact) mass is 449 g/mol. The molecule has 2 aromatic heterocycles. The van der Waals surface area contributed by atoms with Gasteiger partial charge in [0, 0.05) is 56.0 Å². The van der Waals surface area contributed by atoms with Crippen molar-refractivity contribution in [2.75, 3.05) is 25.1 Å². The average Bonchev–Trinajstić information content (AvgIpc) is 2.81. The molecule has 0 saturated carbocycles. The number of hydrogen-bond acceptors (Lipinski definition) is 5. The van der Waals surface area contributed by atoms with Crippen LogP contribution in [0.15, 0.2) is 41.2 Å². The molecular formula is C25H28FN5O2. The minimum atomic E-state index is -0.321. The first-order valence-corrected chi connectivity index (χ1v) is 11.0. The summed E-state index contributed by atoms with van der Waals surface area (Å²) in [4.78, 5) is 25.3. The number of hydrogen-bond donors (Lipinski definition) is 0. The summed E-state index contributed by atoms with van der Waals surface area (Å²) in [5.74, 6) is 0.523. The standard InChI is InChI=1S/C25H28FN5O2/c1-15-14-31(21-12-24(32)29(5)20-9-10-23(27-4)28-25(20)21)16(2)13-30(15)17(3)19-8-7-18(26)11-22(19)33-6/h7-12,15-17H,13-14H2,1-3,5-6H3/t15-,16+,17?/m1/s1. The van der Waals surface area contributed by atoms with Gasteiger partial charge in [0.05, 0.1) is 18.3 Å². The first-order valence-electron chi connectivity index (χ1n) is 11.0. The molecule has 1 unspecified atom stereocenters. The average molecular weight is 450 g/mol. The van der Waals surface area contributed by atoms with Crippen LogP contribution in [0, 0.1) is 12.4 Å². The van der Waals surface area contributed by atoms with Crippen molar-refractivity contribution in [1.29, 1.82) is 0 Å². The Bertz CT molecular complexity index is 1300. The first kappa shape index (κ1) is 22.7. The minimum absolute atomic E-state index is 0.0207. The Kier molecular flexibility index (Phi) is 6.09. The molecule has 3 aromatic rings. The molecule has 1 aliphatic rings. The van der Waals surface area contributed by atoms with Crippen LogP contribution in [-0.2, 0) is 7.05 Å². The smallest absolute Gasteiger partial charge is 0.270 e. The maximum Gasteiger partial charge on any atom is 0.270 e. The van der Waals surface area contributed by atoms with Crippen molar-refractivity contribution in [1.82, 2.24) is 14.5 Å². The number of fused-ring (bicyclic) bond motifs is 1. The number of benzene rings is 1. The number of anilines is 1. The topological polar surface area (TPSA) is 55.0 Å². The molecule has 0 amide bonds.